The summed E-state index contributed by atoms with van der Waals surface area (Å²) in [6, 6.07) is 7.86. The molecular weight excluding hydrogens is 250 g/mol. The molecular formula is C15H17N5. The molecule has 20 heavy (non-hydrogen) atoms. The molecule has 2 heterocycles. The quantitative estimate of drug-likeness (QED) is 0.722. The highest BCUT2D eigenvalue weighted by Gasteiger charge is 2.02. The van der Waals surface area contributed by atoms with E-state index in [2.05, 4.69) is 20.8 Å². The summed E-state index contributed by atoms with van der Waals surface area (Å²) < 4.78 is 4.04. The minimum absolute atomic E-state index is 0.773. The number of hydrogen-bond acceptors (Lipinski definition) is 3. The molecule has 0 saturated carbocycles. The fraction of sp³-hybridized carbons (Fsp3) is 0.200. The summed E-state index contributed by atoms with van der Waals surface area (Å²) in [5.74, 6) is 0. The van der Waals surface area contributed by atoms with Crippen LogP contribution in [0, 0.1) is 0 Å². The van der Waals surface area contributed by atoms with Crippen LogP contribution in [0.25, 0.3) is 11.1 Å². The van der Waals surface area contributed by atoms with Crippen molar-refractivity contribution in [3.05, 3.63) is 55.4 Å². The molecule has 0 bridgehead atoms. The van der Waals surface area contributed by atoms with E-state index in [4.69, 9.17) is 5.73 Å². The number of nitrogens with two attached hydrogens (primary N) is 1. The average molecular weight is 267 g/mol. The van der Waals surface area contributed by atoms with Gasteiger partial charge in [0, 0.05) is 42.9 Å². The summed E-state index contributed by atoms with van der Waals surface area (Å²) in [7, 11) is 0. The molecule has 0 amide bonds. The van der Waals surface area contributed by atoms with Gasteiger partial charge >= 0.3 is 0 Å². The van der Waals surface area contributed by atoms with Gasteiger partial charge in [0.1, 0.15) is 0 Å². The number of nitrogen functional groups attached to an aromatic ring is 1. The number of nitrogens with zero attached hydrogens (tertiary/aromatic N) is 4. The molecule has 2 N–H and O–H groups in total. The lowest BCUT2D eigenvalue weighted by molar-refractivity contribution is 0.527. The van der Waals surface area contributed by atoms with E-state index in [1.165, 1.54) is 0 Å². The van der Waals surface area contributed by atoms with Crippen LogP contribution < -0.4 is 5.73 Å². The van der Waals surface area contributed by atoms with Crippen LogP contribution in [-0.2, 0) is 13.1 Å². The smallest absolute Gasteiger partial charge is 0.0945 e. The Morgan fingerprint density at radius 1 is 1.15 bits per heavy atom. The van der Waals surface area contributed by atoms with Crippen LogP contribution in [0.2, 0.25) is 0 Å². The molecule has 2 aromatic heterocycles. The lowest BCUT2D eigenvalue weighted by Crippen LogP contribution is -2.02. The summed E-state index contributed by atoms with van der Waals surface area (Å²) in [5, 5.41) is 4.39. The maximum Gasteiger partial charge on any atom is 0.0945 e. The molecule has 5 nitrogen and oxygen atoms in total. The van der Waals surface area contributed by atoms with Gasteiger partial charge in [-0.25, -0.2) is 4.98 Å². The van der Waals surface area contributed by atoms with Crippen LogP contribution in [0.1, 0.15) is 6.42 Å². The number of hydrogen-bond donors (Lipinski definition) is 1. The van der Waals surface area contributed by atoms with Crippen LogP contribution in [0.5, 0.6) is 0 Å². The van der Waals surface area contributed by atoms with E-state index >= 15 is 0 Å². The van der Waals surface area contributed by atoms with Crippen molar-refractivity contribution in [2.75, 3.05) is 5.73 Å². The minimum Gasteiger partial charge on any atom is -0.399 e. The van der Waals surface area contributed by atoms with Gasteiger partial charge in [-0.15, -0.1) is 0 Å². The molecule has 102 valence electrons. The normalized spacial score (nSPS) is 10.8. The Kier molecular flexibility index (Phi) is 3.50. The number of anilines is 1. The molecule has 0 saturated heterocycles. The Balaban J connectivity index is 1.62. The lowest BCUT2D eigenvalue weighted by Gasteiger charge is -2.02. The second-order valence-electron chi connectivity index (χ2n) is 4.77. The maximum atomic E-state index is 5.80. The molecule has 0 atom stereocenters. The van der Waals surface area contributed by atoms with Crippen LogP contribution in [0.4, 0.5) is 5.69 Å². The largest absolute Gasteiger partial charge is 0.399 e. The number of aryl methyl sites for hydroxylation is 2. The zero-order valence-electron chi connectivity index (χ0n) is 11.2. The SMILES string of the molecule is Nc1cccc(-c2cnn(CCCn3ccnc3)c2)c1. The highest BCUT2D eigenvalue weighted by atomic mass is 15.3. The predicted molar refractivity (Wildman–Crippen MR) is 78.9 cm³/mol. The molecule has 1 aromatic carbocycles. The zero-order chi connectivity index (χ0) is 13.8. The van der Waals surface area contributed by atoms with Gasteiger partial charge in [0.25, 0.3) is 0 Å². The van der Waals surface area contributed by atoms with Crippen molar-refractivity contribution in [3.63, 3.8) is 0 Å². The van der Waals surface area contributed by atoms with E-state index in [0.29, 0.717) is 0 Å². The Hall–Kier alpha value is -2.56. The topological polar surface area (TPSA) is 61.7 Å². The van der Waals surface area contributed by atoms with Crippen molar-refractivity contribution < 1.29 is 0 Å². The van der Waals surface area contributed by atoms with Gasteiger partial charge in [0.15, 0.2) is 0 Å². The molecule has 0 fully saturated rings. The van der Waals surface area contributed by atoms with Gasteiger partial charge in [-0.2, -0.15) is 5.10 Å². The van der Waals surface area contributed by atoms with E-state index in [0.717, 1.165) is 36.3 Å². The van der Waals surface area contributed by atoms with Gasteiger partial charge in [-0.05, 0) is 24.1 Å². The fourth-order valence-electron chi connectivity index (χ4n) is 2.19. The van der Waals surface area contributed by atoms with Crippen molar-refractivity contribution in [2.24, 2.45) is 0 Å². The van der Waals surface area contributed by atoms with Gasteiger partial charge in [-0.1, -0.05) is 12.1 Å². The number of rotatable bonds is 5. The van der Waals surface area contributed by atoms with Crippen LogP contribution in [0.15, 0.2) is 55.4 Å². The van der Waals surface area contributed by atoms with E-state index in [1.54, 1.807) is 6.20 Å². The molecule has 0 aliphatic rings. The number of imidazole rings is 1. The Morgan fingerprint density at radius 3 is 2.90 bits per heavy atom. The van der Waals surface area contributed by atoms with Crippen LogP contribution >= 0.6 is 0 Å². The predicted octanol–water partition coefficient (Wildman–Crippen LogP) is 2.42. The molecule has 3 aromatic rings. The molecule has 0 spiro atoms. The van der Waals surface area contributed by atoms with Gasteiger partial charge < -0.3 is 10.3 Å². The van der Waals surface area contributed by atoms with Gasteiger partial charge in [0.2, 0.25) is 0 Å². The first kappa shape index (κ1) is 12.5. The first-order valence-corrected chi connectivity index (χ1v) is 6.65. The summed E-state index contributed by atoms with van der Waals surface area (Å²) in [5.41, 5.74) is 8.77. The van der Waals surface area contributed by atoms with E-state index in [9.17, 15) is 0 Å². The third kappa shape index (κ3) is 2.88. The Morgan fingerprint density at radius 2 is 2.10 bits per heavy atom. The zero-order valence-corrected chi connectivity index (χ0v) is 11.2. The molecule has 0 aliphatic heterocycles. The maximum absolute atomic E-state index is 5.80. The summed E-state index contributed by atoms with van der Waals surface area (Å²) in [6.07, 6.45) is 10.6. The second-order valence-corrected chi connectivity index (χ2v) is 4.77. The first-order valence-electron chi connectivity index (χ1n) is 6.65. The highest BCUT2D eigenvalue weighted by Crippen LogP contribution is 2.20. The Labute approximate surface area is 117 Å². The van der Waals surface area contributed by atoms with Crippen molar-refractivity contribution in [2.45, 2.75) is 19.5 Å². The van der Waals surface area contributed by atoms with Crippen LogP contribution in [0.3, 0.4) is 0 Å². The molecule has 0 radical (unpaired) electrons. The highest BCUT2D eigenvalue weighted by molar-refractivity contribution is 5.65. The van der Waals surface area contributed by atoms with E-state index < -0.39 is 0 Å². The van der Waals surface area contributed by atoms with E-state index in [-0.39, 0.29) is 0 Å². The standard InChI is InChI=1S/C15H17N5/c16-15-4-1-3-13(9-15)14-10-18-20(11-14)7-2-6-19-8-5-17-12-19/h1,3-5,8-12H,2,6-7,16H2. The molecule has 3 rings (SSSR count). The van der Waals surface area contributed by atoms with Crippen molar-refractivity contribution in [3.8, 4) is 11.1 Å². The van der Waals surface area contributed by atoms with Crippen molar-refractivity contribution >= 4 is 5.69 Å². The summed E-state index contributed by atoms with van der Waals surface area (Å²) >= 11 is 0. The molecule has 5 heteroatoms. The monoisotopic (exact) mass is 267 g/mol. The van der Waals surface area contributed by atoms with Gasteiger partial charge in [-0.3, -0.25) is 4.68 Å². The van der Waals surface area contributed by atoms with E-state index in [1.807, 2.05) is 47.7 Å². The summed E-state index contributed by atoms with van der Waals surface area (Å²) in [4.78, 5) is 4.03. The lowest BCUT2D eigenvalue weighted by atomic mass is 10.1. The Bertz CT molecular complexity index is 669. The van der Waals surface area contributed by atoms with Crippen LogP contribution in [-0.4, -0.2) is 19.3 Å². The third-order valence-corrected chi connectivity index (χ3v) is 3.22. The summed E-state index contributed by atoms with van der Waals surface area (Å²) in [6.45, 7) is 1.84. The molecule has 0 unspecified atom stereocenters. The first-order chi connectivity index (χ1) is 9.81. The second kappa shape index (κ2) is 5.61. The number of benzene rings is 1. The third-order valence-electron chi connectivity index (χ3n) is 3.22. The fourth-order valence-corrected chi connectivity index (χ4v) is 2.19. The number of aromatic nitrogens is 4. The van der Waals surface area contributed by atoms with Gasteiger partial charge in [0.05, 0.1) is 12.5 Å². The minimum atomic E-state index is 0.773. The average Bonchev–Trinajstić information content (AvgIpc) is 3.10. The van der Waals surface area contributed by atoms with Crippen molar-refractivity contribution in [1.82, 2.24) is 19.3 Å². The van der Waals surface area contributed by atoms with Crippen molar-refractivity contribution in [1.29, 1.82) is 0 Å². The molecule has 0 aliphatic carbocycles.